The molecule has 0 aliphatic rings. The molecule has 0 aliphatic carbocycles. The molecule has 0 spiro atoms. The van der Waals surface area contributed by atoms with Crippen LogP contribution >= 0.6 is 0 Å². The van der Waals surface area contributed by atoms with Crippen molar-refractivity contribution >= 4 is 11.7 Å². The summed E-state index contributed by atoms with van der Waals surface area (Å²) in [7, 11) is 3.87. The Balaban J connectivity index is 3.72. The molecule has 0 radical (unpaired) electrons. The molecule has 124 valence electrons. The van der Waals surface area contributed by atoms with Crippen LogP contribution in [0.1, 0.15) is 40.5 Å². The monoisotopic (exact) mass is 300 g/mol. The summed E-state index contributed by atoms with van der Waals surface area (Å²) in [6.07, 6.45) is 0.804. The first-order valence-electron chi connectivity index (χ1n) is 7.80. The molecule has 0 saturated heterocycles. The number of likely N-dealkylation sites (N-methyl/N-ethyl adjacent to an activating group) is 2. The fraction of sp³-hybridized carbons (Fsp3) is 0.875. The first kappa shape index (κ1) is 20.1. The molecular formula is C16H32N2O3. The van der Waals surface area contributed by atoms with Crippen LogP contribution in [-0.4, -0.2) is 67.9 Å². The van der Waals surface area contributed by atoms with E-state index in [4.69, 9.17) is 4.74 Å². The molecular weight excluding hydrogens is 268 g/mol. The minimum atomic E-state index is 0.0549. The Hall–Kier alpha value is -0.940. The van der Waals surface area contributed by atoms with Crippen molar-refractivity contribution in [3.05, 3.63) is 0 Å². The number of amides is 1. The van der Waals surface area contributed by atoms with Crippen LogP contribution in [0.2, 0.25) is 0 Å². The summed E-state index contributed by atoms with van der Waals surface area (Å²) >= 11 is 0. The van der Waals surface area contributed by atoms with E-state index in [0.717, 1.165) is 13.1 Å². The molecule has 0 N–H and O–H groups in total. The Morgan fingerprint density at radius 1 is 0.952 bits per heavy atom. The maximum absolute atomic E-state index is 11.9. The van der Waals surface area contributed by atoms with Crippen molar-refractivity contribution in [2.24, 2.45) is 5.92 Å². The Bertz CT molecular complexity index is 317. The van der Waals surface area contributed by atoms with Crippen molar-refractivity contribution in [1.82, 2.24) is 9.80 Å². The van der Waals surface area contributed by atoms with E-state index in [0.29, 0.717) is 32.1 Å². The summed E-state index contributed by atoms with van der Waals surface area (Å²) in [6, 6.07) is 0.482. The topological polar surface area (TPSA) is 49.9 Å². The number of rotatable bonds is 11. The van der Waals surface area contributed by atoms with E-state index in [9.17, 15) is 9.59 Å². The minimum Gasteiger partial charge on any atom is -0.380 e. The van der Waals surface area contributed by atoms with Gasteiger partial charge in [-0.15, -0.1) is 0 Å². The molecule has 0 aliphatic heterocycles. The largest absolute Gasteiger partial charge is 0.380 e. The van der Waals surface area contributed by atoms with Gasteiger partial charge in [0.15, 0.2) is 0 Å². The number of carbonyl (C=O) groups excluding carboxylic acids is 2. The third-order valence-corrected chi connectivity index (χ3v) is 3.69. The average molecular weight is 300 g/mol. The third-order valence-electron chi connectivity index (χ3n) is 3.69. The van der Waals surface area contributed by atoms with Crippen molar-refractivity contribution in [3.8, 4) is 0 Å². The van der Waals surface area contributed by atoms with E-state index >= 15 is 0 Å². The SMILES string of the molecule is CC(C)C(=O)CCOCCC(=O)N(C)CCN(C)C(C)C. The van der Waals surface area contributed by atoms with Gasteiger partial charge in [-0.1, -0.05) is 13.8 Å². The average Bonchev–Trinajstić information content (AvgIpc) is 2.42. The van der Waals surface area contributed by atoms with Crippen LogP contribution < -0.4 is 0 Å². The van der Waals surface area contributed by atoms with Crippen LogP contribution in [0.4, 0.5) is 0 Å². The van der Waals surface area contributed by atoms with Crippen LogP contribution in [0, 0.1) is 5.92 Å². The van der Waals surface area contributed by atoms with Crippen LogP contribution in [0.15, 0.2) is 0 Å². The van der Waals surface area contributed by atoms with E-state index in [1.807, 2.05) is 20.9 Å². The molecule has 0 saturated carbocycles. The Morgan fingerprint density at radius 3 is 2.05 bits per heavy atom. The van der Waals surface area contributed by atoms with E-state index in [1.54, 1.807) is 4.90 Å². The summed E-state index contributed by atoms with van der Waals surface area (Å²) in [5, 5.41) is 0. The maximum Gasteiger partial charge on any atom is 0.224 e. The van der Waals surface area contributed by atoms with Crippen molar-refractivity contribution in [1.29, 1.82) is 0 Å². The molecule has 21 heavy (non-hydrogen) atoms. The Morgan fingerprint density at radius 2 is 1.52 bits per heavy atom. The van der Waals surface area contributed by atoms with E-state index < -0.39 is 0 Å². The molecule has 1 amide bonds. The maximum atomic E-state index is 11.9. The van der Waals surface area contributed by atoms with E-state index in [2.05, 4.69) is 25.8 Å². The molecule has 0 aromatic heterocycles. The lowest BCUT2D eigenvalue weighted by Crippen LogP contribution is -2.37. The fourth-order valence-corrected chi connectivity index (χ4v) is 1.60. The highest BCUT2D eigenvalue weighted by molar-refractivity contribution is 5.80. The highest BCUT2D eigenvalue weighted by Gasteiger charge is 2.11. The van der Waals surface area contributed by atoms with Crippen molar-refractivity contribution in [3.63, 3.8) is 0 Å². The number of Topliss-reactive ketones (excluding diaryl/α,β-unsaturated/α-hetero) is 1. The molecule has 0 aromatic rings. The second-order valence-electron chi connectivity index (χ2n) is 6.12. The van der Waals surface area contributed by atoms with Crippen molar-refractivity contribution in [2.75, 3.05) is 40.4 Å². The molecule has 0 rings (SSSR count). The molecule has 5 heteroatoms. The van der Waals surface area contributed by atoms with Crippen LogP contribution in [0.25, 0.3) is 0 Å². The number of nitrogens with zero attached hydrogens (tertiary/aromatic N) is 2. The smallest absolute Gasteiger partial charge is 0.224 e. The van der Waals surface area contributed by atoms with Gasteiger partial charge in [-0.05, 0) is 20.9 Å². The lowest BCUT2D eigenvalue weighted by atomic mass is 10.1. The van der Waals surface area contributed by atoms with E-state index in [-0.39, 0.29) is 17.6 Å². The quantitative estimate of drug-likeness (QED) is 0.546. The first-order chi connectivity index (χ1) is 9.75. The molecule has 0 bridgehead atoms. The summed E-state index contributed by atoms with van der Waals surface area (Å²) in [6.45, 7) is 10.4. The molecule has 0 aromatic carbocycles. The van der Waals surface area contributed by atoms with Gasteiger partial charge in [-0.25, -0.2) is 0 Å². The zero-order valence-corrected chi connectivity index (χ0v) is 14.5. The number of ether oxygens (including phenoxy) is 1. The van der Waals surface area contributed by atoms with Gasteiger partial charge >= 0.3 is 0 Å². The third kappa shape index (κ3) is 9.58. The highest BCUT2D eigenvalue weighted by atomic mass is 16.5. The van der Waals surface area contributed by atoms with Gasteiger partial charge in [0, 0.05) is 38.5 Å². The Labute approximate surface area is 129 Å². The first-order valence-corrected chi connectivity index (χ1v) is 7.80. The van der Waals surface area contributed by atoms with Gasteiger partial charge in [0.1, 0.15) is 5.78 Å². The normalized spacial score (nSPS) is 11.5. The highest BCUT2D eigenvalue weighted by Crippen LogP contribution is 2.00. The summed E-state index contributed by atoms with van der Waals surface area (Å²) in [5.74, 6) is 0.344. The van der Waals surface area contributed by atoms with Gasteiger partial charge in [0.2, 0.25) is 5.91 Å². The summed E-state index contributed by atoms with van der Waals surface area (Å²) in [5.41, 5.74) is 0. The lowest BCUT2D eigenvalue weighted by molar-refractivity contribution is -0.131. The van der Waals surface area contributed by atoms with Crippen LogP contribution in [-0.2, 0) is 14.3 Å². The van der Waals surface area contributed by atoms with Crippen LogP contribution in [0.5, 0.6) is 0 Å². The molecule has 0 unspecified atom stereocenters. The van der Waals surface area contributed by atoms with E-state index in [1.165, 1.54) is 0 Å². The van der Waals surface area contributed by atoms with Gasteiger partial charge in [0.05, 0.1) is 19.6 Å². The molecule has 5 nitrogen and oxygen atoms in total. The zero-order chi connectivity index (χ0) is 16.4. The minimum absolute atomic E-state index is 0.0549. The number of carbonyl (C=O) groups is 2. The Kier molecular flexibility index (Phi) is 10.3. The molecule has 0 atom stereocenters. The second-order valence-corrected chi connectivity index (χ2v) is 6.12. The number of hydrogen-bond donors (Lipinski definition) is 0. The second kappa shape index (κ2) is 10.7. The van der Waals surface area contributed by atoms with Gasteiger partial charge in [-0.3, -0.25) is 9.59 Å². The lowest BCUT2D eigenvalue weighted by Gasteiger charge is -2.24. The molecule has 0 fully saturated rings. The van der Waals surface area contributed by atoms with Crippen molar-refractivity contribution < 1.29 is 14.3 Å². The number of ketones is 1. The van der Waals surface area contributed by atoms with Crippen LogP contribution in [0.3, 0.4) is 0 Å². The molecule has 0 heterocycles. The van der Waals surface area contributed by atoms with Gasteiger partial charge < -0.3 is 14.5 Å². The standard InChI is InChI=1S/C16H32N2O3/c1-13(2)15(19)7-11-21-12-8-16(20)18(6)10-9-17(5)14(3)4/h13-14H,7-12H2,1-6H3. The van der Waals surface area contributed by atoms with Crippen molar-refractivity contribution in [2.45, 2.75) is 46.6 Å². The predicted octanol–water partition coefficient (Wildman–Crippen LogP) is 1.81. The summed E-state index contributed by atoms with van der Waals surface area (Å²) < 4.78 is 5.36. The van der Waals surface area contributed by atoms with Gasteiger partial charge in [0.25, 0.3) is 0 Å². The predicted molar refractivity (Wildman–Crippen MR) is 85.3 cm³/mol. The summed E-state index contributed by atoms with van der Waals surface area (Å²) in [4.78, 5) is 27.2. The fourth-order valence-electron chi connectivity index (χ4n) is 1.60. The zero-order valence-electron chi connectivity index (χ0n) is 14.5. The van der Waals surface area contributed by atoms with Gasteiger partial charge in [-0.2, -0.15) is 0 Å². The number of hydrogen-bond acceptors (Lipinski definition) is 4.